The molecule has 0 aromatic heterocycles. The molecule has 1 atom stereocenters. The first-order valence-electron chi connectivity index (χ1n) is 7.64. The lowest BCUT2D eigenvalue weighted by atomic mass is 9.84. The minimum atomic E-state index is -1.01. The third-order valence-corrected chi connectivity index (χ3v) is 3.89. The van der Waals surface area contributed by atoms with Crippen LogP contribution < -0.4 is 5.32 Å². The molecule has 122 valence electrons. The van der Waals surface area contributed by atoms with Gasteiger partial charge in [0.1, 0.15) is 5.82 Å². The molecule has 0 aliphatic carbocycles. The first-order valence-corrected chi connectivity index (χ1v) is 7.64. The maximum Gasteiger partial charge on any atom is 0.222 e. The minimum Gasteiger partial charge on any atom is -0.388 e. The van der Waals surface area contributed by atoms with Crippen molar-refractivity contribution in [3.05, 3.63) is 71.5 Å². The number of aliphatic hydroxyl groups is 1. The molecule has 0 fully saturated rings. The topological polar surface area (TPSA) is 49.3 Å². The van der Waals surface area contributed by atoms with Crippen molar-refractivity contribution in [3.8, 4) is 0 Å². The van der Waals surface area contributed by atoms with Crippen LogP contribution in [0.3, 0.4) is 0 Å². The third-order valence-electron chi connectivity index (χ3n) is 3.89. The molecule has 0 spiro atoms. The van der Waals surface area contributed by atoms with Crippen LogP contribution in [0.1, 0.15) is 37.5 Å². The molecule has 23 heavy (non-hydrogen) atoms. The Morgan fingerprint density at radius 1 is 1.17 bits per heavy atom. The molecule has 1 amide bonds. The molecule has 3 nitrogen and oxygen atoms in total. The number of rotatable bonds is 6. The second-order valence-corrected chi connectivity index (χ2v) is 6.30. The third kappa shape index (κ3) is 4.89. The zero-order chi connectivity index (χ0) is 16.9. The zero-order valence-electron chi connectivity index (χ0n) is 13.4. The fourth-order valence-corrected chi connectivity index (χ4v) is 2.39. The smallest absolute Gasteiger partial charge is 0.222 e. The summed E-state index contributed by atoms with van der Waals surface area (Å²) >= 11 is 0. The van der Waals surface area contributed by atoms with Crippen LogP contribution in [0.5, 0.6) is 0 Å². The van der Waals surface area contributed by atoms with Gasteiger partial charge >= 0.3 is 0 Å². The van der Waals surface area contributed by atoms with Crippen molar-refractivity contribution in [1.82, 2.24) is 5.32 Å². The van der Waals surface area contributed by atoms with Crippen LogP contribution in [0.15, 0.2) is 54.6 Å². The van der Waals surface area contributed by atoms with Crippen LogP contribution in [0.25, 0.3) is 0 Å². The maximum atomic E-state index is 13.1. The number of aliphatic hydroxyl groups excluding tert-OH is 1. The standard InChI is InChI=1S/C19H22FNO2/c1-19(2,15-8-4-3-5-9-15)13-21-18(23)12-17(22)14-7-6-10-16(20)11-14/h3-11,17,22H,12-13H2,1-2H3,(H,21,23). The van der Waals surface area contributed by atoms with E-state index in [1.54, 1.807) is 6.07 Å². The van der Waals surface area contributed by atoms with E-state index in [0.717, 1.165) is 5.56 Å². The molecule has 0 heterocycles. The molecule has 2 aromatic rings. The van der Waals surface area contributed by atoms with E-state index in [1.807, 2.05) is 44.2 Å². The Balaban J connectivity index is 1.90. The number of carbonyl (C=O) groups excluding carboxylic acids is 1. The van der Waals surface area contributed by atoms with E-state index >= 15 is 0 Å². The summed E-state index contributed by atoms with van der Waals surface area (Å²) in [5, 5.41) is 12.9. The van der Waals surface area contributed by atoms with Gasteiger partial charge in [-0.15, -0.1) is 0 Å². The van der Waals surface area contributed by atoms with Gasteiger partial charge in [0, 0.05) is 12.0 Å². The van der Waals surface area contributed by atoms with Crippen LogP contribution in [0.2, 0.25) is 0 Å². The summed E-state index contributed by atoms with van der Waals surface area (Å²) in [6, 6.07) is 15.6. The lowest BCUT2D eigenvalue weighted by molar-refractivity contribution is -0.123. The second kappa shape index (κ2) is 7.38. The molecule has 0 aliphatic rings. The van der Waals surface area contributed by atoms with Crippen molar-refractivity contribution >= 4 is 5.91 Å². The summed E-state index contributed by atoms with van der Waals surface area (Å²) < 4.78 is 13.1. The van der Waals surface area contributed by atoms with Crippen LogP contribution in [-0.2, 0) is 10.2 Å². The van der Waals surface area contributed by atoms with Gasteiger partial charge in [-0.25, -0.2) is 4.39 Å². The van der Waals surface area contributed by atoms with Gasteiger partial charge < -0.3 is 10.4 Å². The SMILES string of the molecule is CC(C)(CNC(=O)CC(O)c1cccc(F)c1)c1ccccc1. The number of nitrogens with one attached hydrogen (secondary N) is 1. The highest BCUT2D eigenvalue weighted by Gasteiger charge is 2.22. The maximum absolute atomic E-state index is 13.1. The van der Waals surface area contributed by atoms with Crippen molar-refractivity contribution in [1.29, 1.82) is 0 Å². The monoisotopic (exact) mass is 315 g/mol. The fraction of sp³-hybridized carbons (Fsp3) is 0.316. The number of amides is 1. The van der Waals surface area contributed by atoms with E-state index in [0.29, 0.717) is 12.1 Å². The normalized spacial score (nSPS) is 12.7. The second-order valence-electron chi connectivity index (χ2n) is 6.30. The van der Waals surface area contributed by atoms with Gasteiger partial charge in [-0.2, -0.15) is 0 Å². The highest BCUT2D eigenvalue weighted by Crippen LogP contribution is 2.22. The largest absolute Gasteiger partial charge is 0.388 e. The van der Waals surface area contributed by atoms with E-state index in [-0.39, 0.29) is 17.7 Å². The average Bonchev–Trinajstić information content (AvgIpc) is 2.54. The van der Waals surface area contributed by atoms with Gasteiger partial charge in [-0.05, 0) is 23.3 Å². The first kappa shape index (κ1) is 17.2. The Morgan fingerprint density at radius 3 is 2.52 bits per heavy atom. The van der Waals surface area contributed by atoms with E-state index in [4.69, 9.17) is 0 Å². The minimum absolute atomic E-state index is 0.0890. The van der Waals surface area contributed by atoms with Gasteiger partial charge in [-0.3, -0.25) is 4.79 Å². The molecule has 0 saturated heterocycles. The summed E-state index contributed by atoms with van der Waals surface area (Å²) in [5.74, 6) is -0.682. The molecule has 0 radical (unpaired) electrons. The number of benzene rings is 2. The summed E-state index contributed by atoms with van der Waals surface area (Å²) in [4.78, 5) is 12.0. The summed E-state index contributed by atoms with van der Waals surface area (Å²) in [6.45, 7) is 4.56. The average molecular weight is 315 g/mol. The van der Waals surface area contributed by atoms with Gasteiger partial charge in [0.05, 0.1) is 12.5 Å². The quantitative estimate of drug-likeness (QED) is 0.859. The van der Waals surface area contributed by atoms with E-state index in [1.165, 1.54) is 18.2 Å². The van der Waals surface area contributed by atoms with Crippen molar-refractivity contribution < 1.29 is 14.3 Å². The van der Waals surface area contributed by atoms with Crippen LogP contribution in [0.4, 0.5) is 4.39 Å². The molecular weight excluding hydrogens is 293 g/mol. The molecule has 2 rings (SSSR count). The highest BCUT2D eigenvalue weighted by molar-refractivity contribution is 5.76. The lowest BCUT2D eigenvalue weighted by Crippen LogP contribution is -2.37. The van der Waals surface area contributed by atoms with E-state index < -0.39 is 11.9 Å². The molecule has 4 heteroatoms. The Hall–Kier alpha value is -2.20. The Bertz CT molecular complexity index is 655. The number of hydrogen-bond donors (Lipinski definition) is 2. The fourth-order valence-electron chi connectivity index (χ4n) is 2.39. The number of halogens is 1. The highest BCUT2D eigenvalue weighted by atomic mass is 19.1. The Kier molecular flexibility index (Phi) is 5.50. The predicted octanol–water partition coefficient (Wildman–Crippen LogP) is 3.34. The number of carbonyl (C=O) groups is 1. The predicted molar refractivity (Wildman–Crippen MR) is 88.5 cm³/mol. The molecule has 2 N–H and O–H groups in total. The van der Waals surface area contributed by atoms with E-state index in [9.17, 15) is 14.3 Å². The summed E-state index contributed by atoms with van der Waals surface area (Å²) in [7, 11) is 0. The summed E-state index contributed by atoms with van der Waals surface area (Å²) in [5.41, 5.74) is 1.33. The van der Waals surface area contributed by atoms with Gasteiger partial charge in [-0.1, -0.05) is 56.3 Å². The summed E-state index contributed by atoms with van der Waals surface area (Å²) in [6.07, 6.45) is -1.10. The lowest BCUT2D eigenvalue weighted by Gasteiger charge is -2.26. The van der Waals surface area contributed by atoms with Gasteiger partial charge in [0.25, 0.3) is 0 Å². The van der Waals surface area contributed by atoms with E-state index in [2.05, 4.69) is 5.32 Å². The Morgan fingerprint density at radius 2 is 1.87 bits per heavy atom. The molecule has 0 aliphatic heterocycles. The Labute approximate surface area is 136 Å². The molecule has 0 bridgehead atoms. The van der Waals surface area contributed by atoms with Crippen LogP contribution >= 0.6 is 0 Å². The van der Waals surface area contributed by atoms with Gasteiger partial charge in [0.2, 0.25) is 5.91 Å². The van der Waals surface area contributed by atoms with Crippen LogP contribution in [0, 0.1) is 5.82 Å². The van der Waals surface area contributed by atoms with Crippen molar-refractivity contribution in [2.45, 2.75) is 31.8 Å². The van der Waals surface area contributed by atoms with Crippen molar-refractivity contribution in [2.24, 2.45) is 0 Å². The van der Waals surface area contributed by atoms with Crippen molar-refractivity contribution in [2.75, 3.05) is 6.54 Å². The van der Waals surface area contributed by atoms with Gasteiger partial charge in [0.15, 0.2) is 0 Å². The number of hydrogen-bond acceptors (Lipinski definition) is 2. The molecular formula is C19H22FNO2. The van der Waals surface area contributed by atoms with Crippen LogP contribution in [-0.4, -0.2) is 17.6 Å². The van der Waals surface area contributed by atoms with Crippen molar-refractivity contribution in [3.63, 3.8) is 0 Å². The molecule has 1 unspecified atom stereocenters. The zero-order valence-corrected chi connectivity index (χ0v) is 13.4. The molecule has 2 aromatic carbocycles. The first-order chi connectivity index (χ1) is 10.9. The molecule has 0 saturated carbocycles.